The molecule has 0 spiro atoms. The van der Waals surface area contributed by atoms with E-state index >= 15 is 0 Å². The Labute approximate surface area is 146 Å². The number of amides is 1. The second-order valence-corrected chi connectivity index (χ2v) is 8.57. The first-order valence-corrected chi connectivity index (χ1v) is 9.87. The number of benzene rings is 1. The van der Waals surface area contributed by atoms with Crippen LogP contribution in [0.25, 0.3) is 0 Å². The summed E-state index contributed by atoms with van der Waals surface area (Å²) in [5.74, 6) is -0.109. The van der Waals surface area contributed by atoms with Crippen LogP contribution in [0.2, 0.25) is 10.0 Å². The standard InChI is InChI=1S/C15H19Cl2NO4S/c1-22-7-2-6-18(12-5-8-23(20,21)10-12)15(19)11-3-4-13(16)14(17)9-11/h3-4,9,12H,2,5-8,10H2,1H3. The van der Waals surface area contributed by atoms with Gasteiger partial charge in [-0.1, -0.05) is 23.2 Å². The lowest BCUT2D eigenvalue weighted by Crippen LogP contribution is -2.42. The van der Waals surface area contributed by atoms with Crippen LogP contribution in [0.4, 0.5) is 0 Å². The van der Waals surface area contributed by atoms with E-state index in [1.54, 1.807) is 24.1 Å². The van der Waals surface area contributed by atoms with Crippen LogP contribution in [-0.2, 0) is 14.6 Å². The predicted molar refractivity (Wildman–Crippen MR) is 91.1 cm³/mol. The summed E-state index contributed by atoms with van der Waals surface area (Å²) in [6.07, 6.45) is 1.10. The molecule has 1 aliphatic rings. The first-order valence-electron chi connectivity index (χ1n) is 7.29. The molecule has 1 aromatic rings. The molecular formula is C15H19Cl2NO4S. The lowest BCUT2D eigenvalue weighted by Gasteiger charge is -2.28. The van der Waals surface area contributed by atoms with Gasteiger partial charge >= 0.3 is 0 Å². The molecule has 0 radical (unpaired) electrons. The number of sulfone groups is 1. The van der Waals surface area contributed by atoms with Gasteiger partial charge in [-0.25, -0.2) is 8.42 Å². The maximum Gasteiger partial charge on any atom is 0.254 e. The van der Waals surface area contributed by atoms with Crippen molar-refractivity contribution in [3.8, 4) is 0 Å². The fourth-order valence-corrected chi connectivity index (χ4v) is 4.67. The molecule has 23 heavy (non-hydrogen) atoms. The van der Waals surface area contributed by atoms with Gasteiger partial charge in [0.1, 0.15) is 0 Å². The third kappa shape index (κ3) is 4.83. The molecule has 2 rings (SSSR count). The van der Waals surface area contributed by atoms with E-state index in [2.05, 4.69) is 0 Å². The van der Waals surface area contributed by atoms with E-state index in [9.17, 15) is 13.2 Å². The Hall–Kier alpha value is -0.820. The van der Waals surface area contributed by atoms with Gasteiger partial charge < -0.3 is 9.64 Å². The molecule has 128 valence electrons. The third-order valence-electron chi connectivity index (χ3n) is 3.82. The normalized spacial score (nSPS) is 19.7. The summed E-state index contributed by atoms with van der Waals surface area (Å²) in [6.45, 7) is 0.942. The average molecular weight is 380 g/mol. The van der Waals surface area contributed by atoms with Gasteiger partial charge in [-0.05, 0) is 31.0 Å². The Morgan fingerprint density at radius 3 is 2.65 bits per heavy atom. The summed E-state index contributed by atoms with van der Waals surface area (Å²) in [5, 5.41) is 0.672. The molecule has 1 saturated heterocycles. The van der Waals surface area contributed by atoms with E-state index in [-0.39, 0.29) is 23.5 Å². The van der Waals surface area contributed by atoms with E-state index in [4.69, 9.17) is 27.9 Å². The minimum atomic E-state index is -3.07. The zero-order chi connectivity index (χ0) is 17.0. The number of hydrogen-bond acceptors (Lipinski definition) is 4. The number of rotatable bonds is 6. The smallest absolute Gasteiger partial charge is 0.254 e. The summed E-state index contributed by atoms with van der Waals surface area (Å²) in [4.78, 5) is 14.4. The number of halogens is 2. The molecule has 1 fully saturated rings. The fraction of sp³-hybridized carbons (Fsp3) is 0.533. The van der Waals surface area contributed by atoms with Crippen LogP contribution in [0.15, 0.2) is 18.2 Å². The number of nitrogens with zero attached hydrogens (tertiary/aromatic N) is 1. The first kappa shape index (κ1) is 18.5. The Morgan fingerprint density at radius 2 is 2.09 bits per heavy atom. The molecule has 8 heteroatoms. The van der Waals surface area contributed by atoms with Gasteiger partial charge in [-0.3, -0.25) is 4.79 Å². The zero-order valence-corrected chi connectivity index (χ0v) is 15.1. The Bertz CT molecular complexity index is 678. The van der Waals surface area contributed by atoms with Crippen molar-refractivity contribution < 1.29 is 17.9 Å². The van der Waals surface area contributed by atoms with Crippen molar-refractivity contribution in [2.24, 2.45) is 0 Å². The predicted octanol–water partition coefficient (Wildman–Crippen LogP) is 2.66. The third-order valence-corrected chi connectivity index (χ3v) is 6.31. The van der Waals surface area contributed by atoms with Gasteiger partial charge in [-0.15, -0.1) is 0 Å². The molecular weight excluding hydrogens is 361 g/mol. The highest BCUT2D eigenvalue weighted by atomic mass is 35.5. The Kier molecular flexibility index (Phi) is 6.31. The minimum absolute atomic E-state index is 0.00699. The van der Waals surface area contributed by atoms with Gasteiger partial charge in [0.2, 0.25) is 0 Å². The molecule has 0 bridgehead atoms. The lowest BCUT2D eigenvalue weighted by molar-refractivity contribution is 0.0674. The Morgan fingerprint density at radius 1 is 1.35 bits per heavy atom. The zero-order valence-electron chi connectivity index (χ0n) is 12.8. The number of carbonyl (C=O) groups excluding carboxylic acids is 1. The van der Waals surface area contributed by atoms with Gasteiger partial charge in [0.15, 0.2) is 9.84 Å². The quantitative estimate of drug-likeness (QED) is 0.712. The van der Waals surface area contributed by atoms with Crippen LogP contribution in [0.5, 0.6) is 0 Å². The largest absolute Gasteiger partial charge is 0.385 e. The van der Waals surface area contributed by atoms with Crippen molar-refractivity contribution in [2.45, 2.75) is 18.9 Å². The van der Waals surface area contributed by atoms with Crippen LogP contribution in [0.1, 0.15) is 23.2 Å². The van der Waals surface area contributed by atoms with Crippen LogP contribution < -0.4 is 0 Å². The maximum absolute atomic E-state index is 12.8. The van der Waals surface area contributed by atoms with E-state index in [1.165, 1.54) is 6.07 Å². The highest BCUT2D eigenvalue weighted by molar-refractivity contribution is 7.91. The lowest BCUT2D eigenvalue weighted by atomic mass is 10.1. The minimum Gasteiger partial charge on any atom is -0.385 e. The van der Waals surface area contributed by atoms with E-state index in [1.807, 2.05) is 0 Å². The number of carbonyl (C=O) groups is 1. The summed E-state index contributed by atoms with van der Waals surface area (Å²) in [7, 11) is -1.49. The highest BCUT2D eigenvalue weighted by Crippen LogP contribution is 2.25. The number of methoxy groups -OCH3 is 1. The molecule has 0 aromatic heterocycles. The second-order valence-electron chi connectivity index (χ2n) is 5.53. The van der Waals surface area contributed by atoms with Crippen molar-refractivity contribution >= 4 is 38.9 Å². The van der Waals surface area contributed by atoms with Crippen molar-refractivity contribution in [2.75, 3.05) is 31.8 Å². The molecule has 1 aromatic carbocycles. The summed E-state index contributed by atoms with van der Waals surface area (Å²) >= 11 is 11.9. The average Bonchev–Trinajstić information content (AvgIpc) is 2.86. The molecule has 1 atom stereocenters. The van der Waals surface area contributed by atoms with Crippen molar-refractivity contribution in [1.29, 1.82) is 0 Å². The van der Waals surface area contributed by atoms with Crippen molar-refractivity contribution in [3.63, 3.8) is 0 Å². The van der Waals surface area contributed by atoms with E-state index in [0.29, 0.717) is 41.6 Å². The SMILES string of the molecule is COCCCN(C(=O)c1ccc(Cl)c(Cl)c1)C1CCS(=O)(=O)C1. The maximum atomic E-state index is 12.8. The summed E-state index contributed by atoms with van der Waals surface area (Å²) < 4.78 is 28.5. The molecule has 1 aliphatic heterocycles. The van der Waals surface area contributed by atoms with Crippen LogP contribution in [-0.4, -0.2) is 57.0 Å². The van der Waals surface area contributed by atoms with E-state index < -0.39 is 9.84 Å². The van der Waals surface area contributed by atoms with Gasteiger partial charge in [-0.2, -0.15) is 0 Å². The number of hydrogen-bond donors (Lipinski definition) is 0. The van der Waals surface area contributed by atoms with Gasteiger partial charge in [0.05, 0.1) is 21.6 Å². The topological polar surface area (TPSA) is 63.7 Å². The summed E-state index contributed by atoms with van der Waals surface area (Å²) in [5.41, 5.74) is 0.404. The first-order chi connectivity index (χ1) is 10.8. The van der Waals surface area contributed by atoms with Crippen LogP contribution >= 0.6 is 23.2 Å². The fourth-order valence-electron chi connectivity index (χ4n) is 2.65. The Balaban J connectivity index is 2.21. The summed E-state index contributed by atoms with van der Waals surface area (Å²) in [6, 6.07) is 4.37. The van der Waals surface area contributed by atoms with Crippen LogP contribution in [0, 0.1) is 0 Å². The van der Waals surface area contributed by atoms with Crippen molar-refractivity contribution in [3.05, 3.63) is 33.8 Å². The van der Waals surface area contributed by atoms with Crippen molar-refractivity contribution in [1.82, 2.24) is 4.90 Å². The molecule has 0 N–H and O–H groups in total. The molecule has 5 nitrogen and oxygen atoms in total. The van der Waals surface area contributed by atoms with E-state index in [0.717, 1.165) is 0 Å². The molecule has 1 unspecified atom stereocenters. The molecule has 1 amide bonds. The molecule has 0 saturated carbocycles. The van der Waals surface area contributed by atoms with Gasteiger partial charge in [0.25, 0.3) is 5.91 Å². The highest BCUT2D eigenvalue weighted by Gasteiger charge is 2.34. The van der Waals surface area contributed by atoms with Gasteiger partial charge in [0, 0.05) is 31.9 Å². The molecule has 0 aliphatic carbocycles. The second kappa shape index (κ2) is 7.83. The number of ether oxygens (including phenoxy) is 1. The van der Waals surface area contributed by atoms with Crippen LogP contribution in [0.3, 0.4) is 0 Å². The molecule has 1 heterocycles. The monoisotopic (exact) mass is 379 g/mol.